The van der Waals surface area contributed by atoms with E-state index >= 15 is 0 Å². The van der Waals surface area contributed by atoms with Gasteiger partial charge in [0, 0.05) is 35.3 Å². The summed E-state index contributed by atoms with van der Waals surface area (Å²) in [6.07, 6.45) is 1.46. The van der Waals surface area contributed by atoms with Gasteiger partial charge in [-0.3, -0.25) is 9.59 Å². The molecule has 1 heterocycles. The van der Waals surface area contributed by atoms with Crippen LogP contribution in [0.15, 0.2) is 48.5 Å². The van der Waals surface area contributed by atoms with Crippen LogP contribution in [-0.4, -0.2) is 42.5 Å². The number of benzene rings is 2. The predicted molar refractivity (Wildman–Crippen MR) is 105 cm³/mol. The van der Waals surface area contributed by atoms with Crippen LogP contribution >= 0.6 is 11.6 Å². The quantitative estimate of drug-likeness (QED) is 0.850. The zero-order chi connectivity index (χ0) is 19.2. The first-order chi connectivity index (χ1) is 13.1. The van der Waals surface area contributed by atoms with Gasteiger partial charge in [-0.15, -0.1) is 0 Å². The molecule has 0 unspecified atom stereocenters. The van der Waals surface area contributed by atoms with Crippen LogP contribution < -0.4 is 10.1 Å². The van der Waals surface area contributed by atoms with Crippen molar-refractivity contribution in [1.29, 1.82) is 0 Å². The molecule has 2 aromatic rings. The molecule has 0 bridgehead atoms. The van der Waals surface area contributed by atoms with Gasteiger partial charge >= 0.3 is 0 Å². The van der Waals surface area contributed by atoms with Gasteiger partial charge in [0.1, 0.15) is 5.75 Å². The zero-order valence-electron chi connectivity index (χ0n) is 15.3. The monoisotopic (exact) mass is 386 g/mol. The Morgan fingerprint density at radius 2 is 1.81 bits per heavy atom. The van der Waals surface area contributed by atoms with Gasteiger partial charge in [-0.1, -0.05) is 17.7 Å². The number of piperidine rings is 1. The average molecular weight is 387 g/mol. The van der Waals surface area contributed by atoms with Gasteiger partial charge < -0.3 is 15.0 Å². The van der Waals surface area contributed by atoms with Gasteiger partial charge in [0.2, 0.25) is 0 Å². The minimum absolute atomic E-state index is 0.0117. The van der Waals surface area contributed by atoms with E-state index in [-0.39, 0.29) is 17.9 Å². The molecular formula is C21H23ClN2O3. The maximum atomic E-state index is 12.6. The molecule has 1 aliphatic heterocycles. The van der Waals surface area contributed by atoms with Crippen molar-refractivity contribution < 1.29 is 14.3 Å². The molecule has 2 aromatic carbocycles. The summed E-state index contributed by atoms with van der Waals surface area (Å²) in [6, 6.07) is 14.2. The minimum Gasteiger partial charge on any atom is -0.494 e. The van der Waals surface area contributed by atoms with Crippen LogP contribution in [0.1, 0.15) is 40.5 Å². The lowest BCUT2D eigenvalue weighted by Crippen LogP contribution is -2.46. The topological polar surface area (TPSA) is 58.6 Å². The fraction of sp³-hybridized carbons (Fsp3) is 0.333. The summed E-state index contributed by atoms with van der Waals surface area (Å²) in [5, 5.41) is 3.57. The Labute approximate surface area is 164 Å². The fourth-order valence-corrected chi connectivity index (χ4v) is 3.36. The highest BCUT2D eigenvalue weighted by Gasteiger charge is 2.25. The SMILES string of the molecule is CCOc1ccc(C(=O)N2CCC(NC(=O)c3cccc(Cl)c3)CC2)cc1. The van der Waals surface area contributed by atoms with E-state index < -0.39 is 0 Å². The van der Waals surface area contributed by atoms with Crippen LogP contribution in [0, 0.1) is 0 Å². The maximum absolute atomic E-state index is 12.6. The van der Waals surface area contributed by atoms with E-state index in [1.165, 1.54) is 0 Å². The smallest absolute Gasteiger partial charge is 0.253 e. The van der Waals surface area contributed by atoms with Gasteiger partial charge in [0.25, 0.3) is 11.8 Å². The van der Waals surface area contributed by atoms with E-state index in [1.54, 1.807) is 36.4 Å². The predicted octanol–water partition coefficient (Wildman–Crippen LogP) is 3.77. The third-order valence-corrected chi connectivity index (χ3v) is 4.85. The molecule has 0 spiro atoms. The Hall–Kier alpha value is -2.53. The Kier molecular flexibility index (Phi) is 6.35. The van der Waals surface area contributed by atoms with Crippen LogP contribution in [0.2, 0.25) is 5.02 Å². The average Bonchev–Trinajstić information content (AvgIpc) is 2.69. The molecule has 0 saturated carbocycles. The second-order valence-corrected chi connectivity index (χ2v) is 6.94. The molecule has 0 aliphatic carbocycles. The molecule has 0 aromatic heterocycles. The lowest BCUT2D eigenvalue weighted by atomic mass is 10.0. The lowest BCUT2D eigenvalue weighted by Gasteiger charge is -2.32. The van der Waals surface area contributed by atoms with Crippen LogP contribution in [0.25, 0.3) is 0 Å². The number of nitrogens with zero attached hydrogens (tertiary/aromatic N) is 1. The largest absolute Gasteiger partial charge is 0.494 e. The first-order valence-electron chi connectivity index (χ1n) is 9.15. The summed E-state index contributed by atoms with van der Waals surface area (Å²) >= 11 is 5.94. The molecule has 142 valence electrons. The molecule has 1 N–H and O–H groups in total. The maximum Gasteiger partial charge on any atom is 0.253 e. The van der Waals surface area contributed by atoms with Gasteiger partial charge in [-0.2, -0.15) is 0 Å². The summed E-state index contributed by atoms with van der Waals surface area (Å²) in [7, 11) is 0. The number of halogens is 1. The van der Waals surface area contributed by atoms with Crippen LogP contribution in [0.3, 0.4) is 0 Å². The number of nitrogens with one attached hydrogen (secondary N) is 1. The molecule has 2 amide bonds. The first-order valence-corrected chi connectivity index (χ1v) is 9.53. The summed E-state index contributed by atoms with van der Waals surface area (Å²) in [5.74, 6) is 0.642. The summed E-state index contributed by atoms with van der Waals surface area (Å²) in [4.78, 5) is 26.8. The normalized spacial score (nSPS) is 14.7. The number of ether oxygens (including phenoxy) is 1. The second-order valence-electron chi connectivity index (χ2n) is 6.51. The van der Waals surface area contributed by atoms with Crippen molar-refractivity contribution in [3.05, 3.63) is 64.7 Å². The molecular weight excluding hydrogens is 364 g/mol. The van der Waals surface area contributed by atoms with Gasteiger partial charge in [-0.05, 0) is 62.2 Å². The molecule has 3 rings (SSSR count). The molecule has 1 fully saturated rings. The standard InChI is InChI=1S/C21H23ClN2O3/c1-2-27-19-8-6-15(7-9-19)21(26)24-12-10-18(11-13-24)23-20(25)16-4-3-5-17(22)14-16/h3-9,14,18H,2,10-13H2,1H3,(H,23,25). The molecule has 5 nitrogen and oxygen atoms in total. The van der Waals surface area contributed by atoms with E-state index in [4.69, 9.17) is 16.3 Å². The van der Waals surface area contributed by atoms with Crippen molar-refractivity contribution in [2.75, 3.05) is 19.7 Å². The van der Waals surface area contributed by atoms with Crippen molar-refractivity contribution in [1.82, 2.24) is 10.2 Å². The molecule has 1 aliphatic rings. The van der Waals surface area contributed by atoms with E-state index in [2.05, 4.69) is 5.32 Å². The van der Waals surface area contributed by atoms with Crippen molar-refractivity contribution in [3.8, 4) is 5.75 Å². The number of likely N-dealkylation sites (tertiary alicyclic amines) is 1. The van der Waals surface area contributed by atoms with Crippen molar-refractivity contribution in [2.45, 2.75) is 25.8 Å². The Balaban J connectivity index is 1.52. The lowest BCUT2D eigenvalue weighted by molar-refractivity contribution is 0.0698. The van der Waals surface area contributed by atoms with Gasteiger partial charge in [0.05, 0.1) is 6.61 Å². The van der Waals surface area contributed by atoms with E-state index in [1.807, 2.05) is 24.0 Å². The third kappa shape index (κ3) is 5.01. The highest BCUT2D eigenvalue weighted by Crippen LogP contribution is 2.18. The molecule has 1 saturated heterocycles. The van der Waals surface area contributed by atoms with Crippen LogP contribution in [0.5, 0.6) is 5.75 Å². The fourth-order valence-electron chi connectivity index (χ4n) is 3.17. The number of carbonyl (C=O) groups is 2. The highest BCUT2D eigenvalue weighted by atomic mass is 35.5. The first kappa shape index (κ1) is 19.2. The molecule has 27 heavy (non-hydrogen) atoms. The molecule has 6 heteroatoms. The Bertz CT molecular complexity index is 799. The van der Waals surface area contributed by atoms with Crippen molar-refractivity contribution >= 4 is 23.4 Å². The van der Waals surface area contributed by atoms with Gasteiger partial charge in [-0.25, -0.2) is 0 Å². The molecule has 0 atom stereocenters. The number of rotatable bonds is 5. The second kappa shape index (κ2) is 8.91. The number of carbonyl (C=O) groups excluding carboxylic acids is 2. The van der Waals surface area contributed by atoms with Crippen LogP contribution in [-0.2, 0) is 0 Å². The van der Waals surface area contributed by atoms with Gasteiger partial charge in [0.15, 0.2) is 0 Å². The summed E-state index contributed by atoms with van der Waals surface area (Å²) in [5.41, 5.74) is 1.20. The zero-order valence-corrected chi connectivity index (χ0v) is 16.0. The number of hydrogen-bond acceptors (Lipinski definition) is 3. The summed E-state index contributed by atoms with van der Waals surface area (Å²) < 4.78 is 5.41. The van der Waals surface area contributed by atoms with E-state index in [0.717, 1.165) is 18.6 Å². The van der Waals surface area contributed by atoms with Crippen molar-refractivity contribution in [3.63, 3.8) is 0 Å². The van der Waals surface area contributed by atoms with Crippen molar-refractivity contribution in [2.24, 2.45) is 0 Å². The highest BCUT2D eigenvalue weighted by molar-refractivity contribution is 6.30. The third-order valence-electron chi connectivity index (χ3n) is 4.62. The van der Waals surface area contributed by atoms with Crippen LogP contribution in [0.4, 0.5) is 0 Å². The van der Waals surface area contributed by atoms with E-state index in [0.29, 0.717) is 35.8 Å². The Morgan fingerprint density at radius 1 is 1.11 bits per heavy atom. The molecule has 0 radical (unpaired) electrons. The Morgan fingerprint density at radius 3 is 2.44 bits per heavy atom. The number of hydrogen-bond donors (Lipinski definition) is 1. The number of amides is 2. The van der Waals surface area contributed by atoms with E-state index in [9.17, 15) is 9.59 Å². The minimum atomic E-state index is -0.131. The summed E-state index contributed by atoms with van der Waals surface area (Å²) in [6.45, 7) is 3.76.